The lowest BCUT2D eigenvalue weighted by molar-refractivity contribution is 0.150. The summed E-state index contributed by atoms with van der Waals surface area (Å²) < 4.78 is 0. The number of carbonyl (C=O) groups excluding carboxylic acids is 1. The second kappa shape index (κ2) is 6.36. The summed E-state index contributed by atoms with van der Waals surface area (Å²) in [7, 11) is 0. The van der Waals surface area contributed by atoms with Crippen molar-refractivity contribution in [1.29, 1.82) is 0 Å². The number of nitrogens with zero attached hydrogens (tertiary/aromatic N) is 4. The van der Waals surface area contributed by atoms with Crippen molar-refractivity contribution in [3.8, 4) is 11.3 Å². The summed E-state index contributed by atoms with van der Waals surface area (Å²) in [6, 6.07) is 9.76. The molecular weight excluding hydrogens is 340 g/mol. The number of likely N-dealkylation sites (tertiary alicyclic amines) is 1. The first-order valence-electron chi connectivity index (χ1n) is 8.20. The molecule has 25 heavy (non-hydrogen) atoms. The summed E-state index contributed by atoms with van der Waals surface area (Å²) in [5.41, 5.74) is 1.89. The summed E-state index contributed by atoms with van der Waals surface area (Å²) in [5, 5.41) is 11.7. The predicted molar refractivity (Wildman–Crippen MR) is 95.0 cm³/mol. The number of rotatable bonds is 3. The van der Waals surface area contributed by atoms with E-state index in [-0.39, 0.29) is 12.1 Å². The van der Waals surface area contributed by atoms with Gasteiger partial charge in [-0.15, -0.1) is 11.3 Å². The molecule has 0 unspecified atom stereocenters. The minimum Gasteiger partial charge on any atom is -0.465 e. The fraction of sp³-hybridized carbons (Fsp3) is 0.353. The second-order valence-electron chi connectivity index (χ2n) is 6.18. The van der Waals surface area contributed by atoms with E-state index in [4.69, 9.17) is 5.11 Å². The lowest BCUT2D eigenvalue weighted by Crippen LogP contribution is -2.41. The van der Waals surface area contributed by atoms with Crippen LogP contribution >= 0.6 is 11.3 Å². The average Bonchev–Trinajstić information content (AvgIpc) is 3.34. The molecule has 2 aromatic rings. The molecule has 8 heteroatoms. The van der Waals surface area contributed by atoms with Crippen LogP contribution in [0.2, 0.25) is 0 Å². The van der Waals surface area contributed by atoms with Crippen LogP contribution < -0.4 is 4.90 Å². The monoisotopic (exact) mass is 358 g/mol. The standard InChI is InChI=1S/C17H18N4O3S/c22-16-20(13-6-7-19(10-13)17(23)24)8-9-21(16)15-18-14(11-25-15)12-4-2-1-3-5-12/h1-5,11,13H,6-10H2,(H,23,24)/t13-/m1/s1. The normalized spacial score (nSPS) is 20.6. The van der Waals surface area contributed by atoms with E-state index in [0.29, 0.717) is 37.7 Å². The van der Waals surface area contributed by atoms with Gasteiger partial charge in [-0.2, -0.15) is 0 Å². The number of hydrogen-bond acceptors (Lipinski definition) is 4. The van der Waals surface area contributed by atoms with E-state index in [2.05, 4.69) is 4.98 Å². The molecule has 0 saturated carbocycles. The molecule has 1 N–H and O–H groups in total. The maximum absolute atomic E-state index is 12.8. The highest BCUT2D eigenvalue weighted by Gasteiger charge is 2.39. The molecule has 0 bridgehead atoms. The Morgan fingerprint density at radius 3 is 2.72 bits per heavy atom. The van der Waals surface area contributed by atoms with Crippen molar-refractivity contribution in [1.82, 2.24) is 14.8 Å². The van der Waals surface area contributed by atoms with E-state index in [9.17, 15) is 9.59 Å². The smallest absolute Gasteiger partial charge is 0.407 e. The number of aromatic nitrogens is 1. The number of carboxylic acid groups (broad SMARTS) is 1. The first-order chi connectivity index (χ1) is 12.1. The topological polar surface area (TPSA) is 77.0 Å². The fourth-order valence-electron chi connectivity index (χ4n) is 3.37. The van der Waals surface area contributed by atoms with E-state index < -0.39 is 6.09 Å². The van der Waals surface area contributed by atoms with Gasteiger partial charge in [0.1, 0.15) is 0 Å². The Morgan fingerprint density at radius 2 is 2.00 bits per heavy atom. The molecule has 0 spiro atoms. The van der Waals surface area contributed by atoms with Crippen molar-refractivity contribution in [2.45, 2.75) is 12.5 Å². The van der Waals surface area contributed by atoms with E-state index in [0.717, 1.165) is 11.3 Å². The van der Waals surface area contributed by atoms with E-state index in [1.54, 1.807) is 9.80 Å². The van der Waals surface area contributed by atoms with Gasteiger partial charge in [-0.1, -0.05) is 30.3 Å². The van der Waals surface area contributed by atoms with Crippen molar-refractivity contribution in [3.05, 3.63) is 35.7 Å². The average molecular weight is 358 g/mol. The van der Waals surface area contributed by atoms with Crippen LogP contribution in [0.1, 0.15) is 6.42 Å². The fourth-order valence-corrected chi connectivity index (χ4v) is 4.22. The Balaban J connectivity index is 1.47. The van der Waals surface area contributed by atoms with Gasteiger partial charge in [0.15, 0.2) is 5.13 Å². The maximum Gasteiger partial charge on any atom is 0.407 e. The summed E-state index contributed by atoms with van der Waals surface area (Å²) in [6.45, 7) is 2.07. The van der Waals surface area contributed by atoms with Crippen molar-refractivity contribution in [2.24, 2.45) is 0 Å². The number of anilines is 1. The van der Waals surface area contributed by atoms with Crippen LogP contribution in [-0.2, 0) is 0 Å². The molecule has 1 aromatic heterocycles. The molecule has 1 aromatic carbocycles. The zero-order chi connectivity index (χ0) is 17.4. The first kappa shape index (κ1) is 15.9. The molecule has 2 saturated heterocycles. The van der Waals surface area contributed by atoms with Gasteiger partial charge in [0, 0.05) is 37.1 Å². The molecule has 2 aliphatic rings. The molecule has 3 amide bonds. The molecule has 7 nitrogen and oxygen atoms in total. The highest BCUT2D eigenvalue weighted by molar-refractivity contribution is 7.14. The third-order valence-electron chi connectivity index (χ3n) is 4.71. The minimum atomic E-state index is -0.918. The molecule has 4 rings (SSSR count). The van der Waals surface area contributed by atoms with Crippen LogP contribution in [0.15, 0.2) is 35.7 Å². The van der Waals surface area contributed by atoms with Gasteiger partial charge in [-0.3, -0.25) is 4.90 Å². The lowest BCUT2D eigenvalue weighted by Gasteiger charge is -2.23. The Labute approximate surface area is 149 Å². The number of thiazole rings is 1. The SMILES string of the molecule is O=C(O)N1CC[C@@H](N2CCN(c3nc(-c4ccccc4)cs3)C2=O)C1. The molecule has 0 aliphatic carbocycles. The quantitative estimate of drug-likeness (QED) is 0.915. The first-order valence-corrected chi connectivity index (χ1v) is 9.08. The second-order valence-corrected chi connectivity index (χ2v) is 7.02. The van der Waals surface area contributed by atoms with Crippen LogP contribution in [-0.4, -0.2) is 64.2 Å². The number of carbonyl (C=O) groups is 2. The lowest BCUT2D eigenvalue weighted by atomic mass is 10.2. The van der Waals surface area contributed by atoms with Crippen molar-refractivity contribution in [3.63, 3.8) is 0 Å². The Kier molecular flexibility index (Phi) is 4.04. The van der Waals surface area contributed by atoms with Crippen molar-refractivity contribution >= 4 is 28.6 Å². The molecule has 130 valence electrons. The number of urea groups is 1. The number of hydrogen-bond donors (Lipinski definition) is 1. The summed E-state index contributed by atoms with van der Waals surface area (Å²) >= 11 is 1.46. The zero-order valence-corrected chi connectivity index (χ0v) is 14.4. The zero-order valence-electron chi connectivity index (χ0n) is 13.5. The molecule has 3 heterocycles. The highest BCUT2D eigenvalue weighted by atomic mass is 32.1. The highest BCUT2D eigenvalue weighted by Crippen LogP contribution is 2.31. The third kappa shape index (κ3) is 2.93. The number of benzene rings is 1. The van der Waals surface area contributed by atoms with E-state index in [1.807, 2.05) is 35.7 Å². The van der Waals surface area contributed by atoms with Crippen LogP contribution in [0.4, 0.5) is 14.7 Å². The van der Waals surface area contributed by atoms with Gasteiger partial charge >= 0.3 is 12.1 Å². The van der Waals surface area contributed by atoms with Crippen molar-refractivity contribution < 1.29 is 14.7 Å². The molecular formula is C17H18N4O3S. The Hall–Kier alpha value is -2.61. The maximum atomic E-state index is 12.8. The van der Waals surface area contributed by atoms with Crippen LogP contribution in [0.5, 0.6) is 0 Å². The van der Waals surface area contributed by atoms with Crippen LogP contribution in [0, 0.1) is 0 Å². The third-order valence-corrected chi connectivity index (χ3v) is 5.57. The van der Waals surface area contributed by atoms with Gasteiger partial charge in [0.2, 0.25) is 0 Å². The largest absolute Gasteiger partial charge is 0.465 e. The molecule has 2 fully saturated rings. The Bertz CT molecular complexity index is 794. The number of amides is 3. The van der Waals surface area contributed by atoms with E-state index >= 15 is 0 Å². The van der Waals surface area contributed by atoms with Gasteiger partial charge < -0.3 is 14.9 Å². The molecule has 0 radical (unpaired) electrons. The van der Waals surface area contributed by atoms with Gasteiger partial charge in [-0.05, 0) is 6.42 Å². The molecule has 1 atom stereocenters. The van der Waals surface area contributed by atoms with Gasteiger partial charge in [0.05, 0.1) is 11.7 Å². The summed E-state index contributed by atoms with van der Waals surface area (Å²) in [6.07, 6.45) is -0.225. The van der Waals surface area contributed by atoms with E-state index in [1.165, 1.54) is 16.2 Å². The Morgan fingerprint density at radius 1 is 1.20 bits per heavy atom. The molecule has 2 aliphatic heterocycles. The predicted octanol–water partition coefficient (Wildman–Crippen LogP) is 2.80. The summed E-state index contributed by atoms with van der Waals surface area (Å²) in [4.78, 5) is 33.3. The van der Waals surface area contributed by atoms with Gasteiger partial charge in [0.25, 0.3) is 0 Å². The summed E-state index contributed by atoms with van der Waals surface area (Å²) in [5.74, 6) is 0. The minimum absolute atomic E-state index is 0.0397. The van der Waals surface area contributed by atoms with Gasteiger partial charge in [-0.25, -0.2) is 14.6 Å². The van der Waals surface area contributed by atoms with Crippen molar-refractivity contribution in [2.75, 3.05) is 31.1 Å². The van der Waals surface area contributed by atoms with Crippen LogP contribution in [0.25, 0.3) is 11.3 Å². The van der Waals surface area contributed by atoms with Crippen LogP contribution in [0.3, 0.4) is 0 Å².